The maximum absolute atomic E-state index is 11.5. The number of aliphatic hydroxyl groups is 1. The lowest BCUT2D eigenvalue weighted by Crippen LogP contribution is -2.17. The minimum Gasteiger partial charge on any atom is -0.388 e. The van der Waals surface area contributed by atoms with Gasteiger partial charge in [-0.1, -0.05) is 34.1 Å². The minimum absolute atomic E-state index is 0.193. The summed E-state index contributed by atoms with van der Waals surface area (Å²) in [6.07, 6.45) is 1.67. The Morgan fingerprint density at radius 2 is 2.13 bits per heavy atom. The van der Waals surface area contributed by atoms with E-state index in [4.69, 9.17) is 0 Å². The van der Waals surface area contributed by atoms with Crippen molar-refractivity contribution in [1.82, 2.24) is 0 Å². The molecule has 0 spiro atoms. The summed E-state index contributed by atoms with van der Waals surface area (Å²) in [5.41, 5.74) is 0.817. The molecule has 0 aliphatic heterocycles. The van der Waals surface area contributed by atoms with Gasteiger partial charge in [0.25, 0.3) is 0 Å². The van der Waals surface area contributed by atoms with E-state index in [1.165, 1.54) is 0 Å². The van der Waals surface area contributed by atoms with Crippen molar-refractivity contribution in [1.29, 1.82) is 0 Å². The molecule has 0 unspecified atom stereocenters. The number of aliphatic hydroxyl groups excluding tert-OH is 1. The van der Waals surface area contributed by atoms with Gasteiger partial charge in [0.2, 0.25) is 0 Å². The van der Waals surface area contributed by atoms with Crippen LogP contribution in [-0.4, -0.2) is 10.9 Å². The summed E-state index contributed by atoms with van der Waals surface area (Å²) in [4.78, 5) is 11.5. The largest absolute Gasteiger partial charge is 0.388 e. The van der Waals surface area contributed by atoms with Crippen LogP contribution in [0.4, 0.5) is 0 Å². The van der Waals surface area contributed by atoms with E-state index in [0.717, 1.165) is 22.9 Å². The molecule has 1 aromatic rings. The Bertz CT molecular complexity index is 376. The van der Waals surface area contributed by atoms with Crippen LogP contribution in [0.1, 0.15) is 30.9 Å². The zero-order valence-electron chi connectivity index (χ0n) is 8.32. The fourth-order valence-electron chi connectivity index (χ4n) is 2.11. The molecule has 80 valence electrons. The van der Waals surface area contributed by atoms with E-state index in [9.17, 15) is 9.90 Å². The average Bonchev–Trinajstić information content (AvgIpc) is 2.64. The molecule has 0 amide bonds. The highest BCUT2D eigenvalue weighted by molar-refractivity contribution is 9.10. The molecule has 2 rings (SSSR count). The second-order valence-electron chi connectivity index (χ2n) is 3.93. The molecule has 15 heavy (non-hydrogen) atoms. The molecular formula is C12H13BrO2. The van der Waals surface area contributed by atoms with Crippen molar-refractivity contribution in [3.8, 4) is 0 Å². The van der Waals surface area contributed by atoms with Crippen LogP contribution in [0.25, 0.3) is 0 Å². The Labute approximate surface area is 97.4 Å². The quantitative estimate of drug-likeness (QED) is 0.896. The molecule has 1 aliphatic carbocycles. The highest BCUT2D eigenvalue weighted by atomic mass is 79.9. The van der Waals surface area contributed by atoms with Gasteiger partial charge in [-0.05, 0) is 24.5 Å². The van der Waals surface area contributed by atoms with Gasteiger partial charge in [-0.25, -0.2) is 0 Å². The zero-order valence-corrected chi connectivity index (χ0v) is 9.90. The summed E-state index contributed by atoms with van der Waals surface area (Å²) in [7, 11) is 0. The Morgan fingerprint density at radius 1 is 1.40 bits per heavy atom. The maximum Gasteiger partial charge on any atom is 0.138 e. The molecule has 2 nitrogen and oxygen atoms in total. The maximum atomic E-state index is 11.5. The fraction of sp³-hybridized carbons (Fsp3) is 0.417. The van der Waals surface area contributed by atoms with E-state index in [0.29, 0.717) is 6.42 Å². The van der Waals surface area contributed by atoms with Crippen LogP contribution in [0, 0.1) is 5.92 Å². The predicted octanol–water partition coefficient (Wildman–Crippen LogP) is 2.85. The second-order valence-corrected chi connectivity index (χ2v) is 4.79. The highest BCUT2D eigenvalue weighted by Crippen LogP contribution is 2.35. The number of halogens is 1. The number of rotatable bonds is 2. The molecule has 2 atom stereocenters. The number of ketones is 1. The molecule has 1 aromatic carbocycles. The lowest BCUT2D eigenvalue weighted by Gasteiger charge is -2.18. The standard InChI is InChI=1S/C12H13BrO2/c13-10-6-2-1-4-8(10)12(15)9-5-3-7-11(9)14/h1-2,4,6,9,12,15H,3,5,7H2/t9-,12-/m0/s1. The molecule has 3 heteroatoms. The van der Waals surface area contributed by atoms with Crippen LogP contribution in [0.2, 0.25) is 0 Å². The van der Waals surface area contributed by atoms with Crippen LogP contribution < -0.4 is 0 Å². The van der Waals surface area contributed by atoms with Crippen molar-refractivity contribution in [2.45, 2.75) is 25.4 Å². The summed E-state index contributed by atoms with van der Waals surface area (Å²) < 4.78 is 0.872. The van der Waals surface area contributed by atoms with Gasteiger partial charge in [0.1, 0.15) is 5.78 Å². The van der Waals surface area contributed by atoms with Gasteiger partial charge >= 0.3 is 0 Å². The number of benzene rings is 1. The van der Waals surface area contributed by atoms with Crippen LogP contribution in [0.3, 0.4) is 0 Å². The third kappa shape index (κ3) is 2.13. The normalized spacial score (nSPS) is 23.1. The first-order valence-electron chi connectivity index (χ1n) is 5.15. The van der Waals surface area contributed by atoms with Gasteiger partial charge in [-0.15, -0.1) is 0 Å². The van der Waals surface area contributed by atoms with Crippen molar-refractivity contribution in [3.63, 3.8) is 0 Å². The number of hydrogen-bond acceptors (Lipinski definition) is 2. The van der Waals surface area contributed by atoms with Crippen LogP contribution in [0.5, 0.6) is 0 Å². The summed E-state index contributed by atoms with van der Waals surface area (Å²) >= 11 is 3.39. The summed E-state index contributed by atoms with van der Waals surface area (Å²) in [5, 5.41) is 10.1. The lowest BCUT2D eigenvalue weighted by atomic mass is 9.94. The molecule has 0 bridgehead atoms. The monoisotopic (exact) mass is 268 g/mol. The van der Waals surface area contributed by atoms with Crippen molar-refractivity contribution in [2.24, 2.45) is 5.92 Å². The summed E-state index contributed by atoms with van der Waals surface area (Å²) in [6, 6.07) is 7.53. The number of carbonyl (C=O) groups is 1. The highest BCUT2D eigenvalue weighted by Gasteiger charge is 2.32. The summed E-state index contributed by atoms with van der Waals surface area (Å²) in [6.45, 7) is 0. The zero-order chi connectivity index (χ0) is 10.8. The molecule has 1 aliphatic rings. The minimum atomic E-state index is -0.657. The van der Waals surface area contributed by atoms with Gasteiger partial charge in [-0.3, -0.25) is 4.79 Å². The van der Waals surface area contributed by atoms with Crippen molar-refractivity contribution < 1.29 is 9.90 Å². The number of hydrogen-bond donors (Lipinski definition) is 1. The predicted molar refractivity (Wildman–Crippen MR) is 61.4 cm³/mol. The number of Topliss-reactive ketones (excluding diaryl/α,β-unsaturated/α-hetero) is 1. The molecular weight excluding hydrogens is 256 g/mol. The van der Waals surface area contributed by atoms with Crippen molar-refractivity contribution >= 4 is 21.7 Å². The van der Waals surface area contributed by atoms with Gasteiger partial charge in [-0.2, -0.15) is 0 Å². The number of carbonyl (C=O) groups excluding carboxylic acids is 1. The fourth-order valence-corrected chi connectivity index (χ4v) is 2.63. The van der Waals surface area contributed by atoms with Crippen molar-refractivity contribution in [3.05, 3.63) is 34.3 Å². The first kappa shape index (κ1) is 10.8. The van der Waals surface area contributed by atoms with Crippen LogP contribution >= 0.6 is 15.9 Å². The van der Waals surface area contributed by atoms with Gasteiger partial charge in [0, 0.05) is 16.8 Å². The van der Waals surface area contributed by atoms with Crippen LogP contribution in [0.15, 0.2) is 28.7 Å². The molecule has 0 aromatic heterocycles. The molecule has 0 saturated heterocycles. The first-order valence-corrected chi connectivity index (χ1v) is 5.94. The molecule has 1 N–H and O–H groups in total. The third-order valence-corrected chi connectivity index (χ3v) is 3.68. The van der Waals surface area contributed by atoms with Gasteiger partial charge < -0.3 is 5.11 Å². The van der Waals surface area contributed by atoms with Gasteiger partial charge in [0.05, 0.1) is 6.10 Å². The van der Waals surface area contributed by atoms with Gasteiger partial charge in [0.15, 0.2) is 0 Å². The third-order valence-electron chi connectivity index (χ3n) is 2.96. The Balaban J connectivity index is 2.24. The lowest BCUT2D eigenvalue weighted by molar-refractivity contribution is -0.123. The van der Waals surface area contributed by atoms with Crippen molar-refractivity contribution in [2.75, 3.05) is 0 Å². The first-order chi connectivity index (χ1) is 7.20. The second kappa shape index (κ2) is 4.45. The van der Waals surface area contributed by atoms with E-state index in [-0.39, 0.29) is 11.7 Å². The Morgan fingerprint density at radius 3 is 2.73 bits per heavy atom. The van der Waals surface area contributed by atoms with E-state index >= 15 is 0 Å². The van der Waals surface area contributed by atoms with Crippen LogP contribution in [-0.2, 0) is 4.79 Å². The topological polar surface area (TPSA) is 37.3 Å². The van der Waals surface area contributed by atoms with E-state index in [2.05, 4.69) is 15.9 Å². The smallest absolute Gasteiger partial charge is 0.138 e. The Kier molecular flexibility index (Phi) is 3.22. The van der Waals surface area contributed by atoms with E-state index < -0.39 is 6.10 Å². The molecule has 1 fully saturated rings. The molecule has 0 heterocycles. The molecule has 0 radical (unpaired) electrons. The average molecular weight is 269 g/mol. The molecule has 1 saturated carbocycles. The SMILES string of the molecule is O=C1CCC[C@@H]1[C@@H](O)c1ccccc1Br. The summed E-state index contributed by atoms with van der Waals surface area (Å²) in [5.74, 6) is -0.0121. The van der Waals surface area contributed by atoms with E-state index in [1.807, 2.05) is 24.3 Å². The van der Waals surface area contributed by atoms with E-state index in [1.54, 1.807) is 0 Å². The Hall–Kier alpha value is -0.670.